The van der Waals surface area contributed by atoms with Crippen molar-refractivity contribution in [3.8, 4) is 10.6 Å². The van der Waals surface area contributed by atoms with E-state index in [4.69, 9.17) is 0 Å². The molecule has 0 atom stereocenters. The summed E-state index contributed by atoms with van der Waals surface area (Å²) in [6.07, 6.45) is 4.05. The molecule has 0 aromatic carbocycles. The fourth-order valence-electron chi connectivity index (χ4n) is 2.20. The molecule has 0 bridgehead atoms. The van der Waals surface area contributed by atoms with Crippen LogP contribution in [0, 0.1) is 0 Å². The smallest absolute Gasteiger partial charge is 0.317 e. The highest BCUT2D eigenvalue weighted by Gasteiger charge is 2.48. The fourth-order valence-corrected chi connectivity index (χ4v) is 2.90. The van der Waals surface area contributed by atoms with Crippen LogP contribution in [0.15, 0.2) is 23.7 Å². The van der Waals surface area contributed by atoms with Crippen molar-refractivity contribution in [3.63, 3.8) is 0 Å². The molecule has 1 saturated carbocycles. The van der Waals surface area contributed by atoms with E-state index in [1.165, 1.54) is 0 Å². The van der Waals surface area contributed by atoms with E-state index >= 15 is 0 Å². The molecular weight excluding hydrogens is 236 g/mol. The standard InChI is InChI=1S/C12H12N2O2S/c15-11(16)12(4-2-5-12)10-13-7-8(14-10)9-3-1-6-17-9/h1,3,6-7H,2,4-5H2,(H,13,14)(H,15,16). The largest absolute Gasteiger partial charge is 0.480 e. The summed E-state index contributed by atoms with van der Waals surface area (Å²) in [5, 5.41) is 11.3. The molecular formula is C12H12N2O2S. The van der Waals surface area contributed by atoms with Gasteiger partial charge in [0, 0.05) is 0 Å². The van der Waals surface area contributed by atoms with Gasteiger partial charge in [-0.2, -0.15) is 0 Å². The monoisotopic (exact) mass is 248 g/mol. The van der Waals surface area contributed by atoms with Gasteiger partial charge in [0.05, 0.1) is 16.8 Å². The van der Waals surface area contributed by atoms with Crippen LogP contribution in [0.2, 0.25) is 0 Å². The van der Waals surface area contributed by atoms with E-state index in [-0.39, 0.29) is 0 Å². The average molecular weight is 248 g/mol. The van der Waals surface area contributed by atoms with Crippen LogP contribution in [-0.2, 0) is 10.2 Å². The lowest BCUT2D eigenvalue weighted by Gasteiger charge is -2.35. The van der Waals surface area contributed by atoms with Crippen LogP contribution < -0.4 is 0 Å². The molecule has 0 radical (unpaired) electrons. The number of hydrogen-bond acceptors (Lipinski definition) is 3. The first kappa shape index (κ1) is 10.5. The van der Waals surface area contributed by atoms with Gasteiger partial charge in [-0.15, -0.1) is 11.3 Å². The fraction of sp³-hybridized carbons (Fsp3) is 0.333. The highest BCUT2D eigenvalue weighted by molar-refractivity contribution is 7.13. The Hall–Kier alpha value is -1.62. The summed E-state index contributed by atoms with van der Waals surface area (Å²) in [5.74, 6) is -0.171. The Balaban J connectivity index is 1.98. The molecule has 4 nitrogen and oxygen atoms in total. The number of hydrogen-bond donors (Lipinski definition) is 2. The maximum absolute atomic E-state index is 11.3. The number of nitrogens with zero attached hydrogens (tertiary/aromatic N) is 1. The van der Waals surface area contributed by atoms with Gasteiger partial charge in [0.15, 0.2) is 0 Å². The summed E-state index contributed by atoms with van der Waals surface area (Å²) >= 11 is 1.62. The topological polar surface area (TPSA) is 66.0 Å². The van der Waals surface area contributed by atoms with Gasteiger partial charge in [0.1, 0.15) is 11.2 Å². The molecule has 5 heteroatoms. The van der Waals surface area contributed by atoms with E-state index in [1.807, 2.05) is 17.5 Å². The molecule has 2 aromatic rings. The molecule has 2 heterocycles. The lowest BCUT2D eigenvalue weighted by Crippen LogP contribution is -2.43. The molecule has 1 fully saturated rings. The summed E-state index contributed by atoms with van der Waals surface area (Å²) in [6.45, 7) is 0. The van der Waals surface area contributed by atoms with Crippen LogP contribution in [0.5, 0.6) is 0 Å². The van der Waals surface area contributed by atoms with Crippen molar-refractivity contribution < 1.29 is 9.90 Å². The molecule has 0 aliphatic heterocycles. The minimum absolute atomic E-state index is 0.597. The van der Waals surface area contributed by atoms with E-state index < -0.39 is 11.4 Å². The molecule has 0 amide bonds. The Morgan fingerprint density at radius 1 is 1.53 bits per heavy atom. The maximum Gasteiger partial charge on any atom is 0.317 e. The third-order valence-corrected chi connectivity index (χ3v) is 4.34. The quantitative estimate of drug-likeness (QED) is 0.877. The zero-order valence-corrected chi connectivity index (χ0v) is 9.96. The summed E-state index contributed by atoms with van der Waals surface area (Å²) < 4.78 is 0. The Labute approximate surface area is 102 Å². The highest BCUT2D eigenvalue weighted by Crippen LogP contribution is 2.43. The third-order valence-electron chi connectivity index (χ3n) is 3.43. The minimum atomic E-state index is -0.768. The number of aromatic nitrogens is 2. The molecule has 17 heavy (non-hydrogen) atoms. The predicted octanol–water partition coefficient (Wildman–Crippen LogP) is 2.64. The molecule has 0 spiro atoms. The van der Waals surface area contributed by atoms with Crippen LogP contribution in [-0.4, -0.2) is 21.0 Å². The van der Waals surface area contributed by atoms with E-state index in [0.717, 1.165) is 17.0 Å². The van der Waals surface area contributed by atoms with Gasteiger partial charge < -0.3 is 10.1 Å². The highest BCUT2D eigenvalue weighted by atomic mass is 32.1. The van der Waals surface area contributed by atoms with Crippen molar-refractivity contribution in [2.45, 2.75) is 24.7 Å². The first-order valence-corrected chi connectivity index (χ1v) is 6.43. The number of aliphatic carboxylic acids is 1. The number of imidazole rings is 1. The summed E-state index contributed by atoms with van der Waals surface area (Å²) in [7, 11) is 0. The van der Waals surface area contributed by atoms with Crippen LogP contribution in [0.3, 0.4) is 0 Å². The van der Waals surface area contributed by atoms with Crippen LogP contribution in [0.1, 0.15) is 25.1 Å². The molecule has 2 aromatic heterocycles. The number of carboxylic acid groups (broad SMARTS) is 1. The third kappa shape index (κ3) is 1.50. The van der Waals surface area contributed by atoms with Crippen molar-refractivity contribution >= 4 is 17.3 Å². The molecule has 0 saturated heterocycles. The van der Waals surface area contributed by atoms with Crippen LogP contribution in [0.25, 0.3) is 10.6 Å². The number of rotatable bonds is 3. The molecule has 1 aliphatic carbocycles. The van der Waals surface area contributed by atoms with Crippen molar-refractivity contribution in [2.24, 2.45) is 0 Å². The first-order valence-electron chi connectivity index (χ1n) is 5.55. The molecule has 2 N–H and O–H groups in total. The molecule has 1 aliphatic rings. The van der Waals surface area contributed by atoms with Gasteiger partial charge in [0.2, 0.25) is 0 Å². The summed E-state index contributed by atoms with van der Waals surface area (Å²) in [6, 6.07) is 3.97. The minimum Gasteiger partial charge on any atom is -0.480 e. The van der Waals surface area contributed by atoms with Crippen molar-refractivity contribution in [3.05, 3.63) is 29.5 Å². The SMILES string of the molecule is O=C(O)C1(c2ncc(-c3cccs3)[nH]2)CCC1. The maximum atomic E-state index is 11.3. The Morgan fingerprint density at radius 2 is 2.35 bits per heavy atom. The molecule has 0 unspecified atom stereocenters. The summed E-state index contributed by atoms with van der Waals surface area (Å²) in [5.41, 5.74) is 0.137. The van der Waals surface area contributed by atoms with Gasteiger partial charge in [-0.1, -0.05) is 12.5 Å². The Morgan fingerprint density at radius 3 is 2.88 bits per heavy atom. The van der Waals surface area contributed by atoms with E-state index in [9.17, 15) is 9.90 Å². The number of nitrogens with one attached hydrogen (secondary N) is 1. The van der Waals surface area contributed by atoms with Crippen molar-refractivity contribution in [1.82, 2.24) is 9.97 Å². The second-order valence-corrected chi connectivity index (χ2v) is 5.31. The van der Waals surface area contributed by atoms with Gasteiger partial charge in [0.25, 0.3) is 0 Å². The average Bonchev–Trinajstić information content (AvgIpc) is 2.83. The van der Waals surface area contributed by atoms with Crippen molar-refractivity contribution in [1.29, 1.82) is 0 Å². The second-order valence-electron chi connectivity index (χ2n) is 4.36. The number of carboxylic acids is 1. The first-order chi connectivity index (χ1) is 8.22. The molecule has 3 rings (SSSR count). The lowest BCUT2D eigenvalue weighted by atomic mass is 9.68. The van der Waals surface area contributed by atoms with Gasteiger partial charge in [-0.05, 0) is 24.3 Å². The second kappa shape index (κ2) is 3.70. The van der Waals surface area contributed by atoms with Gasteiger partial charge >= 0.3 is 5.97 Å². The zero-order chi connectivity index (χ0) is 11.9. The van der Waals surface area contributed by atoms with Crippen LogP contribution >= 0.6 is 11.3 Å². The van der Waals surface area contributed by atoms with Crippen LogP contribution in [0.4, 0.5) is 0 Å². The predicted molar refractivity (Wildman–Crippen MR) is 65.1 cm³/mol. The summed E-state index contributed by atoms with van der Waals surface area (Å²) in [4.78, 5) is 19.8. The van der Waals surface area contributed by atoms with E-state index in [1.54, 1.807) is 17.5 Å². The van der Waals surface area contributed by atoms with Gasteiger partial charge in [-0.3, -0.25) is 4.79 Å². The Kier molecular flexibility index (Phi) is 2.29. The zero-order valence-electron chi connectivity index (χ0n) is 9.14. The van der Waals surface area contributed by atoms with E-state index in [2.05, 4.69) is 9.97 Å². The number of H-pyrrole nitrogens is 1. The van der Waals surface area contributed by atoms with Crippen molar-refractivity contribution in [2.75, 3.05) is 0 Å². The Bertz CT molecular complexity index is 541. The number of thiophene rings is 1. The number of aromatic amines is 1. The van der Waals surface area contributed by atoms with Gasteiger partial charge in [-0.25, -0.2) is 4.98 Å². The lowest BCUT2D eigenvalue weighted by molar-refractivity contribution is -0.147. The normalized spacial score (nSPS) is 17.6. The van der Waals surface area contributed by atoms with E-state index in [0.29, 0.717) is 18.7 Å². The molecule has 88 valence electrons. The number of carbonyl (C=O) groups is 1.